The van der Waals surface area contributed by atoms with Gasteiger partial charge in [-0.25, -0.2) is 4.79 Å². The SMILES string of the molecule is O=c1n(Cc2cc3cnccc3n2CCCCF)c2ccccc2n1C1CC1. The number of halogens is 1. The van der Waals surface area contributed by atoms with Crippen LogP contribution in [0.15, 0.2) is 53.6 Å². The Hall–Kier alpha value is -2.89. The standard InChI is InChI=1S/C22H23FN4O/c23-10-3-4-12-25-18(13-16-14-24-11-9-19(16)25)15-26-20-5-1-2-6-21(20)27(22(26)28)17-7-8-17/h1-2,5-6,9,11,13-14,17H,3-4,7-8,10,12,15H2. The second kappa shape index (κ2) is 6.93. The summed E-state index contributed by atoms with van der Waals surface area (Å²) in [6.07, 6.45) is 7.09. The van der Waals surface area contributed by atoms with E-state index in [9.17, 15) is 9.18 Å². The molecule has 0 amide bonds. The van der Waals surface area contributed by atoms with Crippen molar-refractivity contribution in [3.05, 3.63) is 65.0 Å². The molecule has 28 heavy (non-hydrogen) atoms. The zero-order valence-electron chi connectivity index (χ0n) is 15.7. The zero-order valence-corrected chi connectivity index (χ0v) is 15.7. The molecule has 0 saturated heterocycles. The van der Waals surface area contributed by atoms with Gasteiger partial charge in [0.2, 0.25) is 0 Å². The molecule has 3 heterocycles. The summed E-state index contributed by atoms with van der Waals surface area (Å²) in [5.74, 6) is 0. The van der Waals surface area contributed by atoms with Gasteiger partial charge in [-0.1, -0.05) is 12.1 Å². The van der Waals surface area contributed by atoms with Crippen molar-refractivity contribution in [2.45, 2.75) is 44.8 Å². The number of hydrogen-bond acceptors (Lipinski definition) is 2. The number of aromatic nitrogens is 4. The fourth-order valence-corrected chi connectivity index (χ4v) is 4.16. The van der Waals surface area contributed by atoms with E-state index in [0.29, 0.717) is 19.0 Å². The second-order valence-electron chi connectivity index (χ2n) is 7.58. The molecule has 6 heteroatoms. The van der Waals surface area contributed by atoms with Crippen LogP contribution in [0.25, 0.3) is 21.9 Å². The van der Waals surface area contributed by atoms with Crippen LogP contribution in [-0.2, 0) is 13.1 Å². The quantitative estimate of drug-likeness (QED) is 0.451. The van der Waals surface area contributed by atoms with Gasteiger partial charge in [0.25, 0.3) is 0 Å². The Bertz CT molecular complexity index is 1200. The number of hydrogen-bond donors (Lipinski definition) is 0. The maximum absolute atomic E-state index is 13.2. The van der Waals surface area contributed by atoms with Crippen LogP contribution in [-0.4, -0.2) is 25.4 Å². The highest BCUT2D eigenvalue weighted by Crippen LogP contribution is 2.36. The first-order valence-corrected chi connectivity index (χ1v) is 9.96. The van der Waals surface area contributed by atoms with Crippen LogP contribution in [0.2, 0.25) is 0 Å². The third-order valence-corrected chi connectivity index (χ3v) is 5.65. The molecule has 1 aliphatic rings. The number of pyridine rings is 1. The largest absolute Gasteiger partial charge is 0.343 e. The van der Waals surface area contributed by atoms with Gasteiger partial charge >= 0.3 is 5.69 Å². The Morgan fingerprint density at radius 2 is 1.86 bits per heavy atom. The number of rotatable bonds is 7. The monoisotopic (exact) mass is 378 g/mol. The lowest BCUT2D eigenvalue weighted by Gasteiger charge is -2.11. The lowest BCUT2D eigenvalue weighted by atomic mass is 10.3. The Labute approximate surface area is 162 Å². The first-order valence-electron chi connectivity index (χ1n) is 9.96. The zero-order chi connectivity index (χ0) is 19.1. The molecule has 0 aliphatic heterocycles. The molecule has 1 fully saturated rings. The molecular weight excluding hydrogens is 355 g/mol. The van der Waals surface area contributed by atoms with Crippen LogP contribution < -0.4 is 5.69 Å². The van der Waals surface area contributed by atoms with Crippen molar-refractivity contribution in [1.29, 1.82) is 0 Å². The maximum atomic E-state index is 13.2. The first-order chi connectivity index (χ1) is 13.8. The van der Waals surface area contributed by atoms with Crippen LogP contribution in [0.5, 0.6) is 0 Å². The van der Waals surface area contributed by atoms with Gasteiger partial charge in [-0.05, 0) is 49.9 Å². The number of benzene rings is 1. The number of aryl methyl sites for hydroxylation is 1. The lowest BCUT2D eigenvalue weighted by Crippen LogP contribution is -2.25. The van der Waals surface area contributed by atoms with E-state index in [4.69, 9.17) is 0 Å². The van der Waals surface area contributed by atoms with Crippen LogP contribution in [0.3, 0.4) is 0 Å². The normalized spacial score (nSPS) is 14.3. The van der Waals surface area contributed by atoms with E-state index in [1.54, 1.807) is 6.20 Å². The number of alkyl halides is 1. The fraction of sp³-hybridized carbons (Fsp3) is 0.364. The van der Waals surface area contributed by atoms with Crippen molar-refractivity contribution in [3.8, 4) is 0 Å². The second-order valence-corrected chi connectivity index (χ2v) is 7.58. The maximum Gasteiger partial charge on any atom is 0.329 e. The van der Waals surface area contributed by atoms with E-state index in [2.05, 4.69) is 15.6 Å². The topological polar surface area (TPSA) is 44.8 Å². The molecule has 0 radical (unpaired) electrons. The molecule has 1 aromatic carbocycles. The highest BCUT2D eigenvalue weighted by atomic mass is 19.1. The minimum absolute atomic E-state index is 0.0578. The average molecular weight is 378 g/mol. The molecule has 4 aromatic rings. The molecular formula is C22H23FN4O. The molecule has 3 aromatic heterocycles. The van der Waals surface area contributed by atoms with Gasteiger partial charge in [-0.3, -0.25) is 18.5 Å². The number of unbranched alkanes of at least 4 members (excludes halogenated alkanes) is 1. The van der Waals surface area contributed by atoms with Crippen molar-refractivity contribution >= 4 is 21.9 Å². The third kappa shape index (κ3) is 2.84. The smallest absolute Gasteiger partial charge is 0.329 e. The highest BCUT2D eigenvalue weighted by Gasteiger charge is 2.29. The molecule has 1 aliphatic carbocycles. The summed E-state index contributed by atoms with van der Waals surface area (Å²) in [6, 6.07) is 12.5. The van der Waals surface area contributed by atoms with Gasteiger partial charge in [0.05, 0.1) is 29.8 Å². The van der Waals surface area contributed by atoms with E-state index >= 15 is 0 Å². The molecule has 0 atom stereocenters. The van der Waals surface area contributed by atoms with Gasteiger partial charge in [0.15, 0.2) is 0 Å². The van der Waals surface area contributed by atoms with Crippen molar-refractivity contribution < 1.29 is 4.39 Å². The van der Waals surface area contributed by atoms with Gasteiger partial charge < -0.3 is 4.57 Å². The predicted molar refractivity (Wildman–Crippen MR) is 109 cm³/mol. The van der Waals surface area contributed by atoms with Crippen molar-refractivity contribution in [2.24, 2.45) is 0 Å². The average Bonchev–Trinajstić information content (AvgIpc) is 3.43. The number of imidazole rings is 1. The fourth-order valence-electron chi connectivity index (χ4n) is 4.16. The summed E-state index contributed by atoms with van der Waals surface area (Å²) >= 11 is 0. The van der Waals surface area contributed by atoms with Crippen molar-refractivity contribution in [3.63, 3.8) is 0 Å². The van der Waals surface area contributed by atoms with E-state index < -0.39 is 0 Å². The summed E-state index contributed by atoms with van der Waals surface area (Å²) in [5, 5.41) is 1.05. The highest BCUT2D eigenvalue weighted by molar-refractivity contribution is 5.80. The van der Waals surface area contributed by atoms with Gasteiger partial charge in [0, 0.05) is 36.1 Å². The Morgan fingerprint density at radius 3 is 2.64 bits per heavy atom. The minimum Gasteiger partial charge on any atom is -0.343 e. The third-order valence-electron chi connectivity index (χ3n) is 5.65. The molecule has 144 valence electrons. The molecule has 0 unspecified atom stereocenters. The summed E-state index contributed by atoms with van der Waals surface area (Å²) in [6.45, 7) is 0.941. The van der Waals surface area contributed by atoms with E-state index in [1.807, 2.05) is 45.7 Å². The molecule has 0 bridgehead atoms. The molecule has 1 saturated carbocycles. The van der Waals surface area contributed by atoms with Crippen LogP contribution in [0.4, 0.5) is 4.39 Å². The van der Waals surface area contributed by atoms with Gasteiger partial charge in [0.1, 0.15) is 0 Å². The Balaban J connectivity index is 1.62. The van der Waals surface area contributed by atoms with Gasteiger partial charge in [-0.15, -0.1) is 0 Å². The first kappa shape index (κ1) is 17.2. The number of nitrogens with zero attached hydrogens (tertiary/aromatic N) is 4. The van der Waals surface area contributed by atoms with E-state index in [-0.39, 0.29) is 12.4 Å². The predicted octanol–water partition coefficient (Wildman–Crippen LogP) is 4.29. The molecule has 5 rings (SSSR count). The minimum atomic E-state index is -0.301. The van der Waals surface area contributed by atoms with Crippen LogP contribution in [0.1, 0.15) is 37.4 Å². The summed E-state index contributed by atoms with van der Waals surface area (Å²) < 4.78 is 18.7. The van der Waals surface area contributed by atoms with Crippen molar-refractivity contribution in [1.82, 2.24) is 18.7 Å². The van der Waals surface area contributed by atoms with E-state index in [0.717, 1.165) is 53.4 Å². The molecule has 0 spiro atoms. The lowest BCUT2D eigenvalue weighted by molar-refractivity contribution is 0.447. The number of fused-ring (bicyclic) bond motifs is 2. The number of para-hydroxylation sites is 2. The Morgan fingerprint density at radius 1 is 1.04 bits per heavy atom. The Kier molecular flexibility index (Phi) is 4.26. The summed E-state index contributed by atoms with van der Waals surface area (Å²) in [5.41, 5.74) is 4.18. The van der Waals surface area contributed by atoms with Crippen molar-refractivity contribution in [2.75, 3.05) is 6.67 Å². The summed E-state index contributed by atoms with van der Waals surface area (Å²) in [4.78, 5) is 17.4. The van der Waals surface area contributed by atoms with Crippen LogP contribution in [0, 0.1) is 0 Å². The molecule has 5 nitrogen and oxygen atoms in total. The summed E-state index contributed by atoms with van der Waals surface area (Å²) in [7, 11) is 0. The van der Waals surface area contributed by atoms with Gasteiger partial charge in [-0.2, -0.15) is 0 Å². The molecule has 0 N–H and O–H groups in total. The van der Waals surface area contributed by atoms with E-state index in [1.165, 1.54) is 0 Å². The van der Waals surface area contributed by atoms with Crippen LogP contribution >= 0.6 is 0 Å².